The highest BCUT2D eigenvalue weighted by atomic mass is 35.5. The largest absolute Gasteiger partial charge is 0.490 e. The van der Waals surface area contributed by atoms with E-state index in [1.54, 1.807) is 30.3 Å². The van der Waals surface area contributed by atoms with Crippen LogP contribution in [0, 0.1) is 6.92 Å². The van der Waals surface area contributed by atoms with E-state index in [1.807, 2.05) is 6.92 Å². The van der Waals surface area contributed by atoms with Crippen molar-refractivity contribution in [2.24, 2.45) is 0 Å². The Morgan fingerprint density at radius 3 is 2.53 bits per heavy atom. The average molecular weight is 429 g/mol. The third-order valence-electron chi connectivity index (χ3n) is 5.02. The summed E-state index contributed by atoms with van der Waals surface area (Å²) in [5.41, 5.74) is 2.18. The highest BCUT2D eigenvalue weighted by molar-refractivity contribution is 6.34. The minimum atomic E-state index is -0.318. The number of amides is 3. The van der Waals surface area contributed by atoms with Gasteiger partial charge in [0.25, 0.3) is 11.8 Å². The van der Waals surface area contributed by atoms with Crippen molar-refractivity contribution in [1.29, 1.82) is 0 Å². The molecule has 30 heavy (non-hydrogen) atoms. The summed E-state index contributed by atoms with van der Waals surface area (Å²) >= 11 is 6.25. The van der Waals surface area contributed by atoms with E-state index < -0.39 is 0 Å². The van der Waals surface area contributed by atoms with Gasteiger partial charge in [-0.25, -0.2) is 0 Å². The molecule has 2 aromatic rings. The number of fused-ring (bicyclic) bond motifs is 2. The lowest BCUT2D eigenvalue weighted by Gasteiger charge is -2.14. The molecular formula is C22H21ClN2O5. The molecule has 0 saturated carbocycles. The second-order valence-electron chi connectivity index (χ2n) is 7.29. The van der Waals surface area contributed by atoms with Crippen molar-refractivity contribution in [1.82, 2.24) is 4.90 Å². The number of nitrogens with zero attached hydrogens (tertiary/aromatic N) is 1. The van der Waals surface area contributed by atoms with Gasteiger partial charge in [0, 0.05) is 31.5 Å². The fraction of sp³-hybridized carbons (Fsp3) is 0.318. The Kier molecular flexibility index (Phi) is 5.63. The van der Waals surface area contributed by atoms with Crippen molar-refractivity contribution in [2.75, 3.05) is 25.1 Å². The summed E-state index contributed by atoms with van der Waals surface area (Å²) in [5, 5.41) is 3.11. The summed E-state index contributed by atoms with van der Waals surface area (Å²) in [7, 11) is 0. The number of benzene rings is 2. The first-order valence-corrected chi connectivity index (χ1v) is 10.2. The number of aryl methyl sites for hydroxylation is 1. The summed E-state index contributed by atoms with van der Waals surface area (Å²) in [5.74, 6) is 0.190. The van der Waals surface area contributed by atoms with Gasteiger partial charge in [0.05, 0.1) is 35.1 Å². The van der Waals surface area contributed by atoms with Crippen LogP contribution in [-0.2, 0) is 4.79 Å². The van der Waals surface area contributed by atoms with Crippen molar-refractivity contribution in [2.45, 2.75) is 26.2 Å². The Morgan fingerprint density at radius 2 is 1.77 bits per heavy atom. The number of carbonyl (C=O) groups excluding carboxylic acids is 3. The predicted octanol–water partition coefficient (Wildman–Crippen LogP) is 3.82. The van der Waals surface area contributed by atoms with Crippen molar-refractivity contribution < 1.29 is 23.9 Å². The van der Waals surface area contributed by atoms with Crippen molar-refractivity contribution in [3.05, 3.63) is 52.0 Å². The van der Waals surface area contributed by atoms with E-state index >= 15 is 0 Å². The molecule has 156 valence electrons. The van der Waals surface area contributed by atoms with Crippen LogP contribution in [0.5, 0.6) is 11.5 Å². The first-order chi connectivity index (χ1) is 14.4. The fourth-order valence-corrected chi connectivity index (χ4v) is 3.70. The molecule has 0 atom stereocenters. The molecule has 0 spiro atoms. The summed E-state index contributed by atoms with van der Waals surface area (Å²) in [4.78, 5) is 38.5. The van der Waals surface area contributed by atoms with Gasteiger partial charge in [-0.3, -0.25) is 19.3 Å². The standard InChI is InChI=1S/C22H21ClN2O5/c1-13-5-6-14-15(10-13)22(28)25(21(14)27)7-2-4-20(26)24-17-12-19-18(11-16(17)23)29-8-3-9-30-19/h5-6,10-12H,2-4,7-9H2,1H3,(H,24,26). The highest BCUT2D eigenvalue weighted by Gasteiger charge is 2.35. The zero-order valence-corrected chi connectivity index (χ0v) is 17.3. The molecule has 1 N–H and O–H groups in total. The Labute approximate surface area is 178 Å². The SMILES string of the molecule is Cc1ccc2c(c1)C(=O)N(CCCC(=O)Nc1cc3c(cc1Cl)OCCCO3)C2=O. The van der Waals surface area contributed by atoms with Crippen LogP contribution in [0.25, 0.3) is 0 Å². The first kappa shape index (κ1) is 20.2. The first-order valence-electron chi connectivity index (χ1n) is 9.80. The summed E-state index contributed by atoms with van der Waals surface area (Å²) in [6.07, 6.45) is 1.25. The quantitative estimate of drug-likeness (QED) is 0.731. The molecule has 2 aliphatic rings. The van der Waals surface area contributed by atoms with Crippen LogP contribution in [-0.4, -0.2) is 42.4 Å². The summed E-state index contributed by atoms with van der Waals surface area (Å²) in [6.45, 7) is 3.12. The Balaban J connectivity index is 1.34. The van der Waals surface area contributed by atoms with E-state index in [-0.39, 0.29) is 30.7 Å². The minimum absolute atomic E-state index is 0.136. The molecule has 0 saturated heterocycles. The molecule has 0 unspecified atom stereocenters. The number of ether oxygens (including phenoxy) is 2. The van der Waals surface area contributed by atoms with Gasteiger partial charge in [-0.1, -0.05) is 23.2 Å². The van der Waals surface area contributed by atoms with Gasteiger partial charge < -0.3 is 14.8 Å². The van der Waals surface area contributed by atoms with Gasteiger partial charge in [0.15, 0.2) is 11.5 Å². The minimum Gasteiger partial charge on any atom is -0.490 e. The number of rotatable bonds is 5. The number of hydrogen-bond acceptors (Lipinski definition) is 5. The van der Waals surface area contributed by atoms with Gasteiger partial charge in [-0.05, 0) is 25.5 Å². The lowest BCUT2D eigenvalue weighted by atomic mass is 10.1. The highest BCUT2D eigenvalue weighted by Crippen LogP contribution is 2.37. The van der Waals surface area contributed by atoms with Crippen LogP contribution in [0.2, 0.25) is 5.02 Å². The van der Waals surface area contributed by atoms with Crippen LogP contribution in [0.1, 0.15) is 45.5 Å². The number of nitrogens with one attached hydrogen (secondary N) is 1. The van der Waals surface area contributed by atoms with E-state index in [9.17, 15) is 14.4 Å². The number of carbonyl (C=O) groups is 3. The number of imide groups is 1. The van der Waals surface area contributed by atoms with Crippen LogP contribution in [0.3, 0.4) is 0 Å². The van der Waals surface area contributed by atoms with Crippen LogP contribution in [0.15, 0.2) is 30.3 Å². The summed E-state index contributed by atoms with van der Waals surface area (Å²) < 4.78 is 11.2. The van der Waals surface area contributed by atoms with E-state index in [4.69, 9.17) is 21.1 Å². The molecule has 0 fully saturated rings. The normalized spacial score (nSPS) is 15.1. The van der Waals surface area contributed by atoms with E-state index in [1.165, 1.54) is 4.90 Å². The van der Waals surface area contributed by atoms with Crippen LogP contribution >= 0.6 is 11.6 Å². The van der Waals surface area contributed by atoms with E-state index in [0.717, 1.165) is 12.0 Å². The van der Waals surface area contributed by atoms with Gasteiger partial charge in [0.1, 0.15) is 0 Å². The van der Waals surface area contributed by atoms with Gasteiger partial charge in [-0.2, -0.15) is 0 Å². The smallest absolute Gasteiger partial charge is 0.261 e. The molecular weight excluding hydrogens is 408 g/mol. The second-order valence-corrected chi connectivity index (χ2v) is 7.70. The van der Waals surface area contributed by atoms with E-state index in [0.29, 0.717) is 53.0 Å². The lowest BCUT2D eigenvalue weighted by molar-refractivity contribution is -0.116. The average Bonchev–Trinajstić information content (AvgIpc) is 2.86. The maximum atomic E-state index is 12.5. The molecule has 3 amide bonds. The van der Waals surface area contributed by atoms with Crippen LogP contribution in [0.4, 0.5) is 5.69 Å². The maximum Gasteiger partial charge on any atom is 0.261 e. The monoisotopic (exact) mass is 428 g/mol. The Hall–Kier alpha value is -3.06. The molecule has 2 aromatic carbocycles. The Morgan fingerprint density at radius 1 is 1.07 bits per heavy atom. The molecule has 2 heterocycles. The van der Waals surface area contributed by atoms with Gasteiger partial charge in [0.2, 0.25) is 5.91 Å². The lowest BCUT2D eigenvalue weighted by Crippen LogP contribution is -2.31. The molecule has 0 radical (unpaired) electrons. The molecule has 0 aromatic heterocycles. The fourth-order valence-electron chi connectivity index (χ4n) is 3.50. The number of halogens is 1. The zero-order valence-electron chi connectivity index (χ0n) is 16.5. The Bertz CT molecular complexity index is 1040. The third kappa shape index (κ3) is 3.98. The third-order valence-corrected chi connectivity index (χ3v) is 5.34. The topological polar surface area (TPSA) is 84.9 Å². The van der Waals surface area contributed by atoms with Crippen molar-refractivity contribution >= 4 is 35.0 Å². The van der Waals surface area contributed by atoms with Crippen LogP contribution < -0.4 is 14.8 Å². The second kappa shape index (κ2) is 8.36. The number of hydrogen-bond donors (Lipinski definition) is 1. The maximum absolute atomic E-state index is 12.5. The van der Waals surface area contributed by atoms with Gasteiger partial charge >= 0.3 is 0 Å². The predicted molar refractivity (Wildman–Crippen MR) is 111 cm³/mol. The molecule has 7 nitrogen and oxygen atoms in total. The molecule has 2 aliphatic heterocycles. The molecule has 8 heteroatoms. The molecule has 0 bridgehead atoms. The zero-order chi connectivity index (χ0) is 21.3. The number of anilines is 1. The van der Waals surface area contributed by atoms with E-state index in [2.05, 4.69) is 5.32 Å². The summed E-state index contributed by atoms with van der Waals surface area (Å²) in [6, 6.07) is 8.46. The molecule has 0 aliphatic carbocycles. The van der Waals surface area contributed by atoms with Gasteiger partial charge in [-0.15, -0.1) is 0 Å². The van der Waals surface area contributed by atoms with Crippen molar-refractivity contribution in [3.63, 3.8) is 0 Å². The van der Waals surface area contributed by atoms with Crippen molar-refractivity contribution in [3.8, 4) is 11.5 Å². The molecule has 4 rings (SSSR count).